The largest absolute Gasteiger partial charge is 0.496 e. The lowest BCUT2D eigenvalue weighted by Crippen LogP contribution is -2.06. The Morgan fingerprint density at radius 3 is 2.59 bits per heavy atom. The first-order chi connectivity index (χ1) is 15.7. The highest BCUT2D eigenvalue weighted by molar-refractivity contribution is 7.98. The van der Waals surface area contributed by atoms with Gasteiger partial charge in [-0.3, -0.25) is 0 Å². The summed E-state index contributed by atoms with van der Waals surface area (Å²) in [6, 6.07) is 19.6. The van der Waals surface area contributed by atoms with E-state index in [9.17, 15) is 4.79 Å². The van der Waals surface area contributed by atoms with Gasteiger partial charge in [0, 0.05) is 6.54 Å². The van der Waals surface area contributed by atoms with E-state index in [1.807, 2.05) is 42.5 Å². The van der Waals surface area contributed by atoms with Gasteiger partial charge in [0.25, 0.3) is 0 Å². The summed E-state index contributed by atoms with van der Waals surface area (Å²) >= 11 is 1.46. The molecule has 0 saturated carbocycles. The number of nitrogens with zero attached hydrogens (tertiary/aromatic N) is 3. The molecule has 164 valence electrons. The molecule has 0 amide bonds. The summed E-state index contributed by atoms with van der Waals surface area (Å²) in [5.41, 5.74) is 2.51. The minimum atomic E-state index is -0.422. The van der Waals surface area contributed by atoms with E-state index in [0.717, 1.165) is 28.7 Å². The van der Waals surface area contributed by atoms with E-state index in [2.05, 4.69) is 26.9 Å². The lowest BCUT2D eigenvalue weighted by molar-refractivity contribution is 0.0598. The molecule has 0 N–H and O–H groups in total. The molecule has 0 atom stereocenters. The summed E-state index contributed by atoms with van der Waals surface area (Å²) in [6.45, 7) is 0.689. The number of carbonyl (C=O) groups excluding carboxylic acids is 1. The Morgan fingerprint density at radius 1 is 1.03 bits per heavy atom. The van der Waals surface area contributed by atoms with Gasteiger partial charge in [0.1, 0.15) is 17.1 Å². The van der Waals surface area contributed by atoms with Gasteiger partial charge in [0.15, 0.2) is 11.0 Å². The van der Waals surface area contributed by atoms with Gasteiger partial charge in [-0.2, -0.15) is 0 Å². The van der Waals surface area contributed by atoms with Crippen LogP contribution in [0.2, 0.25) is 0 Å². The van der Waals surface area contributed by atoms with Crippen LogP contribution in [0.5, 0.6) is 5.75 Å². The molecule has 4 rings (SSSR count). The first kappa shape index (κ1) is 21.7. The Labute approximate surface area is 190 Å². The predicted octanol–water partition coefficient (Wildman–Crippen LogP) is 4.87. The fraction of sp³-hybridized carbons (Fsp3) is 0.208. The fourth-order valence-corrected chi connectivity index (χ4v) is 4.30. The summed E-state index contributed by atoms with van der Waals surface area (Å²) in [6.07, 6.45) is 2.31. The SMILES string of the molecule is COC(=O)c1ccoc1CSc1nnc(-c2ccccc2OC)n1CCc1ccccc1. The number of carbonyl (C=O) groups is 1. The van der Waals surface area contributed by atoms with Crippen LogP contribution in [-0.2, 0) is 23.5 Å². The van der Waals surface area contributed by atoms with Crippen molar-refractivity contribution in [2.45, 2.75) is 23.9 Å². The molecule has 2 heterocycles. The standard InChI is InChI=1S/C24H23N3O4S/c1-29-20-11-7-6-10-18(20)22-25-26-24(27(22)14-12-17-8-4-3-5-9-17)32-16-21-19(13-15-31-21)23(28)30-2/h3-11,13,15H,12,14,16H2,1-2H3. The maximum atomic E-state index is 12.0. The van der Waals surface area contributed by atoms with Crippen LogP contribution >= 0.6 is 11.8 Å². The highest BCUT2D eigenvalue weighted by atomic mass is 32.2. The maximum Gasteiger partial charge on any atom is 0.341 e. The zero-order valence-electron chi connectivity index (χ0n) is 17.9. The Hall–Kier alpha value is -3.52. The normalized spacial score (nSPS) is 10.8. The number of hydrogen-bond donors (Lipinski definition) is 0. The number of hydrogen-bond acceptors (Lipinski definition) is 7. The molecule has 2 aromatic heterocycles. The summed E-state index contributed by atoms with van der Waals surface area (Å²) in [5, 5.41) is 9.64. The molecule has 8 heteroatoms. The smallest absolute Gasteiger partial charge is 0.341 e. The molecule has 7 nitrogen and oxygen atoms in total. The van der Waals surface area contributed by atoms with Crippen molar-refractivity contribution in [2.24, 2.45) is 0 Å². The number of aromatic nitrogens is 3. The Balaban J connectivity index is 1.64. The molecule has 0 saturated heterocycles. The molecule has 0 aliphatic carbocycles. The quantitative estimate of drug-likeness (QED) is 0.266. The van der Waals surface area contributed by atoms with Gasteiger partial charge >= 0.3 is 5.97 Å². The second-order valence-corrected chi connectivity index (χ2v) is 7.87. The van der Waals surface area contributed by atoms with Crippen molar-refractivity contribution < 1.29 is 18.7 Å². The molecular formula is C24H23N3O4S. The van der Waals surface area contributed by atoms with Crippen molar-refractivity contribution in [3.63, 3.8) is 0 Å². The molecule has 4 aromatic rings. The monoisotopic (exact) mass is 449 g/mol. The lowest BCUT2D eigenvalue weighted by Gasteiger charge is -2.12. The number of furan rings is 1. The van der Waals surface area contributed by atoms with E-state index in [4.69, 9.17) is 13.9 Å². The Morgan fingerprint density at radius 2 is 1.81 bits per heavy atom. The molecule has 0 aliphatic rings. The molecule has 0 unspecified atom stereocenters. The third-order valence-electron chi connectivity index (χ3n) is 5.01. The van der Waals surface area contributed by atoms with E-state index < -0.39 is 5.97 Å². The summed E-state index contributed by atoms with van der Waals surface area (Å²) in [4.78, 5) is 12.0. The van der Waals surface area contributed by atoms with Crippen LogP contribution in [0.15, 0.2) is 76.5 Å². The third kappa shape index (κ3) is 4.70. The van der Waals surface area contributed by atoms with Crippen LogP contribution in [0, 0.1) is 0 Å². The van der Waals surface area contributed by atoms with Gasteiger partial charge in [-0.05, 0) is 30.2 Å². The average Bonchev–Trinajstić information content (AvgIpc) is 3.48. The molecule has 0 aliphatic heterocycles. The topological polar surface area (TPSA) is 79.4 Å². The van der Waals surface area contributed by atoms with Gasteiger partial charge in [-0.15, -0.1) is 10.2 Å². The summed E-state index contributed by atoms with van der Waals surface area (Å²) in [7, 11) is 3.00. The van der Waals surface area contributed by atoms with Crippen LogP contribution in [-0.4, -0.2) is 35.0 Å². The molecule has 32 heavy (non-hydrogen) atoms. The van der Waals surface area contributed by atoms with Crippen LogP contribution in [0.4, 0.5) is 0 Å². The second-order valence-electron chi connectivity index (χ2n) is 6.93. The highest BCUT2D eigenvalue weighted by Crippen LogP contribution is 2.32. The van der Waals surface area contributed by atoms with Crippen LogP contribution in [0.3, 0.4) is 0 Å². The van der Waals surface area contributed by atoms with E-state index >= 15 is 0 Å². The fourth-order valence-electron chi connectivity index (χ4n) is 3.39. The first-order valence-electron chi connectivity index (χ1n) is 10.1. The molecule has 0 radical (unpaired) electrons. The van der Waals surface area contributed by atoms with Gasteiger partial charge in [0.05, 0.1) is 31.8 Å². The van der Waals surface area contributed by atoms with Crippen molar-refractivity contribution in [1.82, 2.24) is 14.8 Å². The minimum Gasteiger partial charge on any atom is -0.496 e. The van der Waals surface area contributed by atoms with Gasteiger partial charge in [-0.25, -0.2) is 4.79 Å². The van der Waals surface area contributed by atoms with Crippen LogP contribution < -0.4 is 4.74 Å². The number of thioether (sulfide) groups is 1. The number of esters is 1. The van der Waals surface area contributed by atoms with E-state index in [-0.39, 0.29) is 0 Å². The molecule has 0 fully saturated rings. The maximum absolute atomic E-state index is 12.0. The Kier molecular flexibility index (Phi) is 6.91. The number of rotatable bonds is 9. The minimum absolute atomic E-state index is 0.417. The molecule has 0 spiro atoms. The summed E-state index contributed by atoms with van der Waals surface area (Å²) in [5.74, 6) is 2.00. The lowest BCUT2D eigenvalue weighted by atomic mass is 10.1. The summed E-state index contributed by atoms with van der Waals surface area (Å²) < 4.78 is 18.0. The first-order valence-corrected chi connectivity index (χ1v) is 11.1. The second kappa shape index (κ2) is 10.2. The Bertz CT molecular complexity index is 1190. The van der Waals surface area contributed by atoms with Crippen LogP contribution in [0.1, 0.15) is 21.7 Å². The van der Waals surface area contributed by atoms with E-state index in [0.29, 0.717) is 23.6 Å². The van der Waals surface area contributed by atoms with Crippen LogP contribution in [0.25, 0.3) is 11.4 Å². The number of methoxy groups -OCH3 is 2. The van der Waals surface area contributed by atoms with Crippen molar-refractivity contribution >= 4 is 17.7 Å². The number of aryl methyl sites for hydroxylation is 1. The third-order valence-corrected chi connectivity index (χ3v) is 5.98. The van der Waals surface area contributed by atoms with E-state index in [1.165, 1.54) is 30.7 Å². The molecular weight excluding hydrogens is 426 g/mol. The van der Waals surface area contributed by atoms with E-state index in [1.54, 1.807) is 13.2 Å². The zero-order valence-corrected chi connectivity index (χ0v) is 18.7. The van der Waals surface area contributed by atoms with Crippen molar-refractivity contribution in [2.75, 3.05) is 14.2 Å². The molecule has 0 bridgehead atoms. The van der Waals surface area contributed by atoms with Gasteiger partial charge in [0.2, 0.25) is 0 Å². The van der Waals surface area contributed by atoms with Crippen molar-refractivity contribution in [3.8, 4) is 17.1 Å². The predicted molar refractivity (Wildman–Crippen MR) is 122 cm³/mol. The van der Waals surface area contributed by atoms with Gasteiger partial charge in [-0.1, -0.05) is 54.2 Å². The van der Waals surface area contributed by atoms with Gasteiger partial charge < -0.3 is 18.5 Å². The number of benzene rings is 2. The molecule has 2 aromatic carbocycles. The number of ether oxygens (including phenoxy) is 2. The number of para-hydroxylation sites is 1. The van der Waals surface area contributed by atoms with Crippen molar-refractivity contribution in [1.29, 1.82) is 0 Å². The highest BCUT2D eigenvalue weighted by Gasteiger charge is 2.20. The average molecular weight is 450 g/mol. The van der Waals surface area contributed by atoms with Crippen molar-refractivity contribution in [3.05, 3.63) is 83.8 Å². The zero-order chi connectivity index (χ0) is 22.3.